The minimum absolute atomic E-state index is 0.0824. The Labute approximate surface area is 171 Å². The third kappa shape index (κ3) is 3.69. The first-order valence-electron chi connectivity index (χ1n) is 9.26. The SMILES string of the molecule is CS(=O)(=O)C1(c2cc(-c3cnc(N)c(C(F)(F)F)c3)nc(N3CCOCC3)n2)CC1. The summed E-state index contributed by atoms with van der Waals surface area (Å²) in [6.45, 7) is 1.87. The zero-order valence-corrected chi connectivity index (χ0v) is 16.9. The highest BCUT2D eigenvalue weighted by Gasteiger charge is 2.55. The number of morpholine rings is 1. The fraction of sp³-hybridized carbons (Fsp3) is 0.500. The summed E-state index contributed by atoms with van der Waals surface area (Å²) in [7, 11) is -3.48. The highest BCUT2D eigenvalue weighted by Crippen LogP contribution is 2.52. The maximum Gasteiger partial charge on any atom is 0.419 e. The van der Waals surface area contributed by atoms with Gasteiger partial charge in [0.1, 0.15) is 10.6 Å². The molecule has 0 unspecified atom stereocenters. The molecule has 4 rings (SSSR count). The molecule has 2 fully saturated rings. The van der Waals surface area contributed by atoms with Crippen LogP contribution in [0.25, 0.3) is 11.3 Å². The van der Waals surface area contributed by atoms with E-state index < -0.39 is 32.1 Å². The summed E-state index contributed by atoms with van der Waals surface area (Å²) in [4.78, 5) is 14.4. The molecule has 0 bridgehead atoms. The Morgan fingerprint density at radius 1 is 1.17 bits per heavy atom. The highest BCUT2D eigenvalue weighted by atomic mass is 32.2. The van der Waals surface area contributed by atoms with Crippen LogP contribution in [0.15, 0.2) is 18.3 Å². The lowest BCUT2D eigenvalue weighted by molar-refractivity contribution is -0.137. The van der Waals surface area contributed by atoms with Crippen LogP contribution in [0.4, 0.5) is 24.9 Å². The highest BCUT2D eigenvalue weighted by molar-refractivity contribution is 7.91. The summed E-state index contributed by atoms with van der Waals surface area (Å²) in [5, 5.41) is 0. The first-order chi connectivity index (χ1) is 14.0. The third-order valence-corrected chi connectivity index (χ3v) is 7.45. The van der Waals surface area contributed by atoms with Gasteiger partial charge in [-0.2, -0.15) is 13.2 Å². The monoisotopic (exact) mass is 443 g/mol. The van der Waals surface area contributed by atoms with Crippen molar-refractivity contribution in [1.82, 2.24) is 15.0 Å². The molecule has 2 N–H and O–H groups in total. The van der Waals surface area contributed by atoms with E-state index in [-0.39, 0.29) is 22.9 Å². The Balaban J connectivity index is 1.87. The fourth-order valence-corrected chi connectivity index (χ4v) is 4.82. The van der Waals surface area contributed by atoms with Crippen molar-refractivity contribution in [3.63, 3.8) is 0 Å². The second kappa shape index (κ2) is 7.05. The average Bonchev–Trinajstić information content (AvgIpc) is 3.50. The van der Waals surface area contributed by atoms with Crippen molar-refractivity contribution in [1.29, 1.82) is 0 Å². The molecule has 0 amide bonds. The minimum Gasteiger partial charge on any atom is -0.383 e. The number of nitrogen functional groups attached to an aromatic ring is 1. The summed E-state index contributed by atoms with van der Waals surface area (Å²) < 4.78 is 68.9. The van der Waals surface area contributed by atoms with Crippen molar-refractivity contribution in [2.45, 2.75) is 23.8 Å². The van der Waals surface area contributed by atoms with Crippen LogP contribution in [-0.4, -0.2) is 55.9 Å². The molecule has 1 aliphatic carbocycles. The predicted octanol–water partition coefficient (Wildman–Crippen LogP) is 2.01. The molecule has 162 valence electrons. The average molecular weight is 443 g/mol. The van der Waals surface area contributed by atoms with Crippen LogP contribution >= 0.6 is 0 Å². The van der Waals surface area contributed by atoms with Gasteiger partial charge in [-0.05, 0) is 25.0 Å². The summed E-state index contributed by atoms with van der Waals surface area (Å²) in [6.07, 6.45) is -1.54. The quantitative estimate of drug-likeness (QED) is 0.764. The van der Waals surface area contributed by atoms with E-state index >= 15 is 0 Å². The first-order valence-corrected chi connectivity index (χ1v) is 11.2. The van der Waals surface area contributed by atoms with Gasteiger partial charge >= 0.3 is 6.18 Å². The number of ether oxygens (including phenoxy) is 1. The van der Waals surface area contributed by atoms with Crippen molar-refractivity contribution in [3.8, 4) is 11.3 Å². The van der Waals surface area contributed by atoms with Crippen LogP contribution in [0, 0.1) is 0 Å². The lowest BCUT2D eigenvalue weighted by atomic mass is 10.1. The zero-order valence-electron chi connectivity index (χ0n) is 16.1. The van der Waals surface area contributed by atoms with Gasteiger partial charge in [0, 0.05) is 31.1 Å². The molecule has 0 radical (unpaired) electrons. The number of halogens is 3. The van der Waals surface area contributed by atoms with Gasteiger partial charge in [0.2, 0.25) is 5.95 Å². The van der Waals surface area contributed by atoms with Crippen LogP contribution in [0.3, 0.4) is 0 Å². The van der Waals surface area contributed by atoms with Gasteiger partial charge in [0.15, 0.2) is 9.84 Å². The van der Waals surface area contributed by atoms with Gasteiger partial charge in [-0.1, -0.05) is 0 Å². The largest absolute Gasteiger partial charge is 0.419 e. The summed E-state index contributed by atoms with van der Waals surface area (Å²) >= 11 is 0. The number of nitrogens with two attached hydrogens (primary N) is 1. The van der Waals surface area contributed by atoms with E-state index in [1.54, 1.807) is 0 Å². The van der Waals surface area contributed by atoms with Crippen LogP contribution in [-0.2, 0) is 25.5 Å². The lowest BCUT2D eigenvalue weighted by Crippen LogP contribution is -2.38. The Morgan fingerprint density at radius 3 is 2.40 bits per heavy atom. The van der Waals surface area contributed by atoms with Crippen LogP contribution in [0.1, 0.15) is 24.1 Å². The van der Waals surface area contributed by atoms with E-state index in [9.17, 15) is 21.6 Å². The van der Waals surface area contributed by atoms with E-state index in [2.05, 4.69) is 15.0 Å². The molecule has 0 atom stereocenters. The molecular weight excluding hydrogens is 423 g/mol. The number of alkyl halides is 3. The van der Waals surface area contributed by atoms with E-state index in [1.807, 2.05) is 4.90 Å². The van der Waals surface area contributed by atoms with E-state index in [0.717, 1.165) is 12.3 Å². The number of rotatable bonds is 4. The molecule has 2 aliphatic rings. The molecule has 3 heterocycles. The van der Waals surface area contributed by atoms with Gasteiger partial charge in [0.05, 0.1) is 30.2 Å². The van der Waals surface area contributed by atoms with Crippen LogP contribution in [0.5, 0.6) is 0 Å². The lowest BCUT2D eigenvalue weighted by Gasteiger charge is -2.28. The number of pyridine rings is 1. The van der Waals surface area contributed by atoms with Gasteiger partial charge in [0.25, 0.3) is 0 Å². The predicted molar refractivity (Wildman–Crippen MR) is 103 cm³/mol. The van der Waals surface area contributed by atoms with Crippen molar-refractivity contribution in [2.75, 3.05) is 43.2 Å². The van der Waals surface area contributed by atoms with Crippen molar-refractivity contribution in [2.24, 2.45) is 0 Å². The minimum atomic E-state index is -4.68. The van der Waals surface area contributed by atoms with E-state index in [1.165, 1.54) is 12.3 Å². The van der Waals surface area contributed by atoms with Crippen LogP contribution < -0.4 is 10.6 Å². The zero-order chi connectivity index (χ0) is 21.7. The molecule has 2 aromatic rings. The first kappa shape index (κ1) is 20.8. The van der Waals surface area contributed by atoms with Crippen molar-refractivity contribution < 1.29 is 26.3 Å². The van der Waals surface area contributed by atoms with Gasteiger partial charge in [-0.3, -0.25) is 0 Å². The number of sulfone groups is 1. The fourth-order valence-electron chi connectivity index (χ4n) is 3.49. The van der Waals surface area contributed by atoms with Crippen molar-refractivity contribution in [3.05, 3.63) is 29.6 Å². The Kier molecular flexibility index (Phi) is 4.88. The number of hydrogen-bond acceptors (Lipinski definition) is 8. The maximum atomic E-state index is 13.3. The second-order valence-electron chi connectivity index (χ2n) is 7.46. The van der Waals surface area contributed by atoms with Gasteiger partial charge < -0.3 is 15.4 Å². The second-order valence-corrected chi connectivity index (χ2v) is 9.78. The number of hydrogen-bond donors (Lipinski definition) is 1. The molecule has 1 aliphatic heterocycles. The third-order valence-electron chi connectivity index (χ3n) is 5.41. The topological polar surface area (TPSA) is 111 Å². The maximum absolute atomic E-state index is 13.3. The molecule has 8 nitrogen and oxygen atoms in total. The molecular formula is C18H20F3N5O3S. The summed E-state index contributed by atoms with van der Waals surface area (Å²) in [6, 6.07) is 2.31. The van der Waals surface area contributed by atoms with Crippen molar-refractivity contribution >= 4 is 21.6 Å². The van der Waals surface area contributed by atoms with Crippen LogP contribution in [0.2, 0.25) is 0 Å². The number of nitrogens with zero attached hydrogens (tertiary/aromatic N) is 4. The molecule has 1 saturated carbocycles. The number of anilines is 2. The summed E-state index contributed by atoms with van der Waals surface area (Å²) in [5.74, 6) is -0.380. The Bertz CT molecular complexity index is 1080. The molecule has 0 spiro atoms. The molecule has 2 aromatic heterocycles. The molecule has 12 heteroatoms. The smallest absolute Gasteiger partial charge is 0.383 e. The summed E-state index contributed by atoms with van der Waals surface area (Å²) in [5.41, 5.74) is 4.85. The van der Waals surface area contributed by atoms with Gasteiger partial charge in [-0.15, -0.1) is 0 Å². The molecule has 0 aromatic carbocycles. The molecule has 30 heavy (non-hydrogen) atoms. The van der Waals surface area contributed by atoms with Gasteiger partial charge in [-0.25, -0.2) is 23.4 Å². The Morgan fingerprint density at radius 2 is 1.83 bits per heavy atom. The van der Waals surface area contributed by atoms with E-state index in [4.69, 9.17) is 10.5 Å². The number of aromatic nitrogens is 3. The molecule has 1 saturated heterocycles. The Hall–Kier alpha value is -2.47. The standard InChI is InChI=1S/C18H20F3N5O3S/c1-30(27,28)17(2-3-17)14-9-13(24-16(25-14)26-4-6-29-7-5-26)11-8-12(18(19,20)21)15(22)23-10-11/h8-10H,2-7H2,1H3,(H2,22,23). The normalized spacial score (nSPS) is 19.0. The van der Waals surface area contributed by atoms with E-state index in [0.29, 0.717) is 39.1 Å².